The summed E-state index contributed by atoms with van der Waals surface area (Å²) in [6.45, 7) is 3.08. The van der Waals surface area contributed by atoms with Crippen LogP contribution in [0.3, 0.4) is 0 Å². The van der Waals surface area contributed by atoms with Gasteiger partial charge in [-0.3, -0.25) is 4.79 Å². The van der Waals surface area contributed by atoms with E-state index in [2.05, 4.69) is 0 Å². The van der Waals surface area contributed by atoms with E-state index in [9.17, 15) is 18.0 Å². The minimum atomic E-state index is -4.31. The minimum Gasteiger partial charge on any atom is -0.466 e. The molecule has 3 nitrogen and oxygen atoms in total. The molecular weight excluding hydrogens is 297 g/mol. The van der Waals surface area contributed by atoms with Crippen LogP contribution in [0.1, 0.15) is 30.9 Å². The van der Waals surface area contributed by atoms with Crippen LogP contribution in [-0.4, -0.2) is 25.8 Å². The molecule has 0 spiro atoms. The first-order valence-electron chi connectivity index (χ1n) is 7.24. The van der Waals surface area contributed by atoms with Crippen molar-refractivity contribution in [2.45, 2.75) is 32.4 Å². The molecule has 1 aromatic rings. The van der Waals surface area contributed by atoms with E-state index in [1.54, 1.807) is 6.92 Å². The standard InChI is InChI=1S/C16H19F3O3/c1-2-22-14(20)9-15(10-21-11-15)8-7-12-3-5-13(6-4-12)16(17,18)19/h3-6H,2,7-11H2,1H3. The Morgan fingerprint density at radius 1 is 1.27 bits per heavy atom. The van der Waals surface area contributed by atoms with Gasteiger partial charge in [0.1, 0.15) is 0 Å². The van der Waals surface area contributed by atoms with Crippen molar-refractivity contribution in [1.29, 1.82) is 0 Å². The van der Waals surface area contributed by atoms with Crippen LogP contribution in [0.15, 0.2) is 24.3 Å². The molecule has 1 aliphatic rings. The molecule has 0 aliphatic carbocycles. The molecule has 0 N–H and O–H groups in total. The second-order valence-electron chi connectivity index (χ2n) is 5.67. The Labute approximate surface area is 127 Å². The summed E-state index contributed by atoms with van der Waals surface area (Å²) in [6, 6.07) is 5.15. The van der Waals surface area contributed by atoms with E-state index in [1.807, 2.05) is 0 Å². The number of hydrogen-bond acceptors (Lipinski definition) is 3. The fraction of sp³-hybridized carbons (Fsp3) is 0.562. The Morgan fingerprint density at radius 2 is 1.91 bits per heavy atom. The molecule has 0 atom stereocenters. The molecular formula is C16H19F3O3. The molecule has 122 valence electrons. The number of carbonyl (C=O) groups is 1. The van der Waals surface area contributed by atoms with Crippen molar-refractivity contribution in [3.63, 3.8) is 0 Å². The number of hydrogen-bond donors (Lipinski definition) is 0. The highest BCUT2D eigenvalue weighted by Gasteiger charge is 2.40. The molecule has 1 fully saturated rings. The molecule has 1 aliphatic heterocycles. The molecule has 1 saturated heterocycles. The zero-order valence-corrected chi connectivity index (χ0v) is 12.4. The average molecular weight is 316 g/mol. The summed E-state index contributed by atoms with van der Waals surface area (Å²) in [5.41, 5.74) is -0.0674. The predicted molar refractivity (Wildman–Crippen MR) is 74.3 cm³/mol. The Bertz CT molecular complexity index is 504. The summed E-state index contributed by atoms with van der Waals surface area (Å²) in [5, 5.41) is 0. The van der Waals surface area contributed by atoms with E-state index in [1.165, 1.54) is 12.1 Å². The lowest BCUT2D eigenvalue weighted by Crippen LogP contribution is -2.44. The molecule has 0 aromatic heterocycles. The molecule has 0 bridgehead atoms. The summed E-state index contributed by atoms with van der Waals surface area (Å²) in [5.74, 6) is -0.252. The van der Waals surface area contributed by atoms with Gasteiger partial charge in [-0.2, -0.15) is 13.2 Å². The van der Waals surface area contributed by atoms with Crippen molar-refractivity contribution in [3.05, 3.63) is 35.4 Å². The number of esters is 1. The largest absolute Gasteiger partial charge is 0.466 e. The molecule has 0 saturated carbocycles. The highest BCUT2D eigenvalue weighted by atomic mass is 19.4. The van der Waals surface area contributed by atoms with Gasteiger partial charge < -0.3 is 9.47 Å². The van der Waals surface area contributed by atoms with Crippen molar-refractivity contribution in [3.8, 4) is 0 Å². The zero-order chi connectivity index (χ0) is 16.2. The van der Waals surface area contributed by atoms with Gasteiger partial charge in [-0.05, 0) is 37.5 Å². The molecule has 0 amide bonds. The van der Waals surface area contributed by atoms with Gasteiger partial charge in [0.15, 0.2) is 0 Å². The third kappa shape index (κ3) is 4.22. The van der Waals surface area contributed by atoms with Crippen LogP contribution >= 0.6 is 0 Å². The van der Waals surface area contributed by atoms with Gasteiger partial charge in [-0.1, -0.05) is 12.1 Å². The fourth-order valence-corrected chi connectivity index (χ4v) is 2.51. The van der Waals surface area contributed by atoms with Crippen molar-refractivity contribution >= 4 is 5.97 Å². The highest BCUT2D eigenvalue weighted by Crippen LogP contribution is 2.37. The number of benzene rings is 1. The second kappa shape index (κ2) is 6.69. The molecule has 1 aromatic carbocycles. The summed E-state index contributed by atoms with van der Waals surface area (Å²) >= 11 is 0. The topological polar surface area (TPSA) is 35.5 Å². The van der Waals surface area contributed by atoms with Gasteiger partial charge in [0.25, 0.3) is 0 Å². The molecule has 2 rings (SSSR count). The van der Waals surface area contributed by atoms with E-state index >= 15 is 0 Å². The van der Waals surface area contributed by atoms with Crippen LogP contribution < -0.4 is 0 Å². The number of carbonyl (C=O) groups excluding carboxylic acids is 1. The van der Waals surface area contributed by atoms with Crippen LogP contribution in [0.5, 0.6) is 0 Å². The first kappa shape index (κ1) is 16.8. The Hall–Kier alpha value is -1.56. The van der Waals surface area contributed by atoms with Gasteiger partial charge in [-0.25, -0.2) is 0 Å². The van der Waals surface area contributed by atoms with E-state index in [-0.39, 0.29) is 11.4 Å². The van der Waals surface area contributed by atoms with Crippen LogP contribution in [-0.2, 0) is 26.9 Å². The molecule has 0 radical (unpaired) electrons. The average Bonchev–Trinajstić information content (AvgIpc) is 2.41. The van der Waals surface area contributed by atoms with E-state index in [0.29, 0.717) is 39.1 Å². The number of aryl methyl sites for hydroxylation is 1. The Balaban J connectivity index is 1.92. The van der Waals surface area contributed by atoms with E-state index in [4.69, 9.17) is 9.47 Å². The van der Waals surface area contributed by atoms with E-state index < -0.39 is 11.7 Å². The van der Waals surface area contributed by atoms with Gasteiger partial charge in [0.2, 0.25) is 0 Å². The number of alkyl halides is 3. The highest BCUT2D eigenvalue weighted by molar-refractivity contribution is 5.70. The molecule has 22 heavy (non-hydrogen) atoms. The Kier molecular flexibility index (Phi) is 5.11. The first-order chi connectivity index (χ1) is 10.3. The summed E-state index contributed by atoms with van der Waals surface area (Å²) in [6.07, 6.45) is -2.72. The van der Waals surface area contributed by atoms with Gasteiger partial charge in [-0.15, -0.1) is 0 Å². The van der Waals surface area contributed by atoms with E-state index in [0.717, 1.165) is 17.7 Å². The lowest BCUT2D eigenvalue weighted by atomic mass is 9.77. The van der Waals surface area contributed by atoms with Crippen LogP contribution in [0.2, 0.25) is 0 Å². The smallest absolute Gasteiger partial charge is 0.416 e. The van der Waals surface area contributed by atoms with Crippen LogP contribution in [0, 0.1) is 5.41 Å². The van der Waals surface area contributed by atoms with Crippen molar-refractivity contribution in [2.75, 3.05) is 19.8 Å². The Morgan fingerprint density at radius 3 is 2.36 bits per heavy atom. The number of halogens is 3. The maximum absolute atomic E-state index is 12.5. The lowest BCUT2D eigenvalue weighted by Gasteiger charge is -2.41. The third-order valence-electron chi connectivity index (χ3n) is 3.87. The maximum atomic E-state index is 12.5. The van der Waals surface area contributed by atoms with Crippen molar-refractivity contribution < 1.29 is 27.4 Å². The van der Waals surface area contributed by atoms with Gasteiger partial charge >= 0.3 is 12.1 Å². The fourth-order valence-electron chi connectivity index (χ4n) is 2.51. The predicted octanol–water partition coefficient (Wildman–Crippen LogP) is 3.61. The lowest BCUT2D eigenvalue weighted by molar-refractivity contribution is -0.162. The normalized spacial score (nSPS) is 16.9. The van der Waals surface area contributed by atoms with Crippen molar-refractivity contribution in [2.24, 2.45) is 5.41 Å². The number of rotatable bonds is 6. The zero-order valence-electron chi connectivity index (χ0n) is 12.4. The second-order valence-corrected chi connectivity index (χ2v) is 5.67. The molecule has 0 unspecified atom stereocenters. The summed E-state index contributed by atoms with van der Waals surface area (Å²) < 4.78 is 47.7. The quantitative estimate of drug-likeness (QED) is 0.752. The number of ether oxygens (including phenoxy) is 2. The summed E-state index contributed by atoms with van der Waals surface area (Å²) in [7, 11) is 0. The van der Waals surface area contributed by atoms with Crippen LogP contribution in [0.25, 0.3) is 0 Å². The van der Waals surface area contributed by atoms with Crippen molar-refractivity contribution in [1.82, 2.24) is 0 Å². The SMILES string of the molecule is CCOC(=O)CC1(CCc2ccc(C(F)(F)F)cc2)COC1. The van der Waals surface area contributed by atoms with Crippen LogP contribution in [0.4, 0.5) is 13.2 Å². The first-order valence-corrected chi connectivity index (χ1v) is 7.24. The van der Waals surface area contributed by atoms with Gasteiger partial charge in [0, 0.05) is 5.41 Å². The summed E-state index contributed by atoms with van der Waals surface area (Å²) in [4.78, 5) is 11.6. The molecule has 6 heteroatoms. The van der Waals surface area contributed by atoms with Gasteiger partial charge in [0.05, 0.1) is 31.8 Å². The molecule has 1 heterocycles. The maximum Gasteiger partial charge on any atom is 0.416 e. The minimum absolute atomic E-state index is 0.241. The third-order valence-corrected chi connectivity index (χ3v) is 3.87. The monoisotopic (exact) mass is 316 g/mol.